The van der Waals surface area contributed by atoms with E-state index in [2.05, 4.69) is 4.98 Å². The van der Waals surface area contributed by atoms with E-state index in [9.17, 15) is 14.4 Å². The lowest BCUT2D eigenvalue weighted by Crippen LogP contribution is -2.54. The topological polar surface area (TPSA) is 97.6 Å². The van der Waals surface area contributed by atoms with Gasteiger partial charge in [-0.1, -0.05) is 6.92 Å². The number of carbonyl (C=O) groups excluding carboxylic acids is 3. The largest absolute Gasteiger partial charge is 0.335 e. The van der Waals surface area contributed by atoms with E-state index in [0.717, 1.165) is 4.90 Å². The van der Waals surface area contributed by atoms with E-state index >= 15 is 0 Å². The van der Waals surface area contributed by atoms with Crippen LogP contribution in [0.5, 0.6) is 0 Å². The van der Waals surface area contributed by atoms with Gasteiger partial charge in [-0.15, -0.1) is 0 Å². The molecule has 3 fully saturated rings. The molecule has 2 bridgehead atoms. The maximum atomic E-state index is 12.9. The summed E-state index contributed by atoms with van der Waals surface area (Å²) in [6.45, 7) is 4.00. The third-order valence-corrected chi connectivity index (χ3v) is 5.32. The normalized spacial score (nSPS) is 27.1. The molecule has 4 amide bonds. The van der Waals surface area contributed by atoms with Gasteiger partial charge < -0.3 is 9.80 Å². The van der Waals surface area contributed by atoms with Crippen LogP contribution in [0.2, 0.25) is 0 Å². The molecule has 0 N–H and O–H groups in total. The van der Waals surface area contributed by atoms with Gasteiger partial charge in [-0.2, -0.15) is 5.26 Å². The SMILES string of the molecule is CCC(=O)N1C[C@H]2CC1[C@@H]1C(=O)N(c3cnc(C#N)c(C)c3)C(=O)N21. The van der Waals surface area contributed by atoms with Crippen LogP contribution in [0.25, 0.3) is 0 Å². The molecule has 8 nitrogen and oxygen atoms in total. The molecule has 1 aromatic rings. The summed E-state index contributed by atoms with van der Waals surface area (Å²) >= 11 is 0. The second-order valence-corrected chi connectivity index (χ2v) is 6.64. The number of urea groups is 1. The van der Waals surface area contributed by atoms with Gasteiger partial charge in [-0.25, -0.2) is 14.7 Å². The molecular weight excluding hydrogens is 322 g/mol. The summed E-state index contributed by atoms with van der Waals surface area (Å²) in [6, 6.07) is 2.26. The van der Waals surface area contributed by atoms with Crippen LogP contribution in [0.4, 0.5) is 10.5 Å². The van der Waals surface area contributed by atoms with Crippen LogP contribution < -0.4 is 4.90 Å². The third kappa shape index (κ3) is 1.98. The Hall–Kier alpha value is -2.95. The van der Waals surface area contributed by atoms with Crippen molar-refractivity contribution in [3.63, 3.8) is 0 Å². The summed E-state index contributed by atoms with van der Waals surface area (Å²) in [5.74, 6) is -0.307. The second-order valence-electron chi connectivity index (χ2n) is 6.64. The Kier molecular flexibility index (Phi) is 3.29. The van der Waals surface area contributed by atoms with E-state index in [1.54, 1.807) is 29.7 Å². The average Bonchev–Trinajstić information content (AvgIpc) is 3.26. The number of imide groups is 1. The number of anilines is 1. The molecule has 25 heavy (non-hydrogen) atoms. The zero-order valence-electron chi connectivity index (χ0n) is 14.0. The standard InChI is InChI=1S/C17H17N5O3/c1-3-14(23)20-8-11-5-13(20)15-16(24)22(17(25)21(11)15)10-4-9(2)12(6-18)19-7-10/h4,7,11,13,15H,3,5,8H2,1-2H3/t11-,13?,15-/m1/s1. The van der Waals surface area contributed by atoms with Gasteiger partial charge in [0.05, 0.1) is 24.0 Å². The van der Waals surface area contributed by atoms with Crippen molar-refractivity contribution >= 4 is 23.5 Å². The van der Waals surface area contributed by atoms with Gasteiger partial charge in [0.2, 0.25) is 5.91 Å². The minimum absolute atomic E-state index is 0.0155. The lowest BCUT2D eigenvalue weighted by molar-refractivity contribution is -0.135. The summed E-state index contributed by atoms with van der Waals surface area (Å²) in [5.41, 5.74) is 1.25. The van der Waals surface area contributed by atoms with Crippen molar-refractivity contribution in [2.24, 2.45) is 0 Å². The Bertz CT molecular complexity index is 845. The van der Waals surface area contributed by atoms with Crippen LogP contribution in [0, 0.1) is 18.3 Å². The number of piperazine rings is 1. The molecule has 4 heterocycles. The molecule has 3 aliphatic rings. The monoisotopic (exact) mass is 339 g/mol. The predicted octanol–water partition coefficient (Wildman–Crippen LogP) is 0.792. The van der Waals surface area contributed by atoms with Crippen molar-refractivity contribution < 1.29 is 14.4 Å². The maximum absolute atomic E-state index is 12.9. The molecule has 8 heteroatoms. The Morgan fingerprint density at radius 1 is 1.44 bits per heavy atom. The summed E-state index contributed by atoms with van der Waals surface area (Å²) in [7, 11) is 0. The van der Waals surface area contributed by atoms with Gasteiger partial charge >= 0.3 is 6.03 Å². The number of fused-ring (bicyclic) bond motifs is 5. The number of hydrogen-bond donors (Lipinski definition) is 0. The molecule has 3 aliphatic heterocycles. The number of aryl methyl sites for hydroxylation is 1. The second kappa shape index (κ2) is 5.28. The summed E-state index contributed by atoms with van der Waals surface area (Å²) in [5, 5.41) is 8.99. The average molecular weight is 339 g/mol. The fourth-order valence-corrected chi connectivity index (χ4v) is 4.18. The van der Waals surface area contributed by atoms with Crippen molar-refractivity contribution in [3.05, 3.63) is 23.5 Å². The van der Waals surface area contributed by atoms with Gasteiger partial charge in [0, 0.05) is 13.0 Å². The number of likely N-dealkylation sites (tertiary alicyclic amines) is 1. The molecule has 1 unspecified atom stereocenters. The van der Waals surface area contributed by atoms with Crippen LogP contribution >= 0.6 is 0 Å². The highest BCUT2D eigenvalue weighted by Crippen LogP contribution is 2.42. The first kappa shape index (κ1) is 15.6. The molecule has 0 aromatic carbocycles. The molecule has 3 atom stereocenters. The fourth-order valence-electron chi connectivity index (χ4n) is 4.18. The van der Waals surface area contributed by atoms with Crippen molar-refractivity contribution in [2.75, 3.05) is 11.4 Å². The zero-order chi connectivity index (χ0) is 17.9. The predicted molar refractivity (Wildman–Crippen MR) is 86.4 cm³/mol. The molecule has 1 aromatic heterocycles. The molecular formula is C17H17N5O3. The highest BCUT2D eigenvalue weighted by atomic mass is 16.2. The number of amides is 4. The van der Waals surface area contributed by atoms with Gasteiger partial charge in [0.15, 0.2) is 0 Å². The molecule has 0 spiro atoms. The third-order valence-electron chi connectivity index (χ3n) is 5.32. The zero-order valence-corrected chi connectivity index (χ0v) is 14.0. The van der Waals surface area contributed by atoms with E-state index in [1.165, 1.54) is 6.20 Å². The minimum Gasteiger partial charge on any atom is -0.335 e. The van der Waals surface area contributed by atoms with Crippen LogP contribution in [0.1, 0.15) is 31.0 Å². The molecule has 0 aliphatic carbocycles. The Morgan fingerprint density at radius 2 is 2.20 bits per heavy atom. The first-order valence-electron chi connectivity index (χ1n) is 8.30. The van der Waals surface area contributed by atoms with E-state index < -0.39 is 6.04 Å². The lowest BCUT2D eigenvalue weighted by atomic mass is 10.1. The van der Waals surface area contributed by atoms with Crippen molar-refractivity contribution in [1.29, 1.82) is 5.26 Å². The minimum atomic E-state index is -0.613. The Balaban J connectivity index is 1.68. The van der Waals surface area contributed by atoms with Gasteiger partial charge in [0.1, 0.15) is 17.8 Å². The van der Waals surface area contributed by atoms with E-state index in [0.29, 0.717) is 30.6 Å². The summed E-state index contributed by atoms with van der Waals surface area (Å²) in [6.07, 6.45) is 2.42. The Labute approximate surface area is 144 Å². The van der Waals surface area contributed by atoms with Crippen LogP contribution in [-0.4, -0.2) is 57.3 Å². The molecule has 4 rings (SSSR count). The van der Waals surface area contributed by atoms with E-state index in [1.807, 2.05) is 6.07 Å². The number of nitrogens with zero attached hydrogens (tertiary/aromatic N) is 5. The fraction of sp³-hybridized carbons (Fsp3) is 0.471. The quantitative estimate of drug-likeness (QED) is 0.742. The first-order chi connectivity index (χ1) is 12.0. The van der Waals surface area contributed by atoms with Crippen LogP contribution in [-0.2, 0) is 9.59 Å². The highest BCUT2D eigenvalue weighted by Gasteiger charge is 2.62. The van der Waals surface area contributed by atoms with Gasteiger partial charge in [-0.3, -0.25) is 9.59 Å². The van der Waals surface area contributed by atoms with Crippen molar-refractivity contribution in [3.8, 4) is 6.07 Å². The van der Waals surface area contributed by atoms with Gasteiger partial charge in [0.25, 0.3) is 5.91 Å². The number of nitriles is 1. The number of carbonyl (C=O) groups is 3. The smallest absolute Gasteiger partial charge is 0.332 e. The Morgan fingerprint density at radius 3 is 2.84 bits per heavy atom. The molecule has 0 saturated carbocycles. The van der Waals surface area contributed by atoms with E-state index in [-0.39, 0.29) is 35.6 Å². The number of aromatic nitrogens is 1. The number of hydrogen-bond acceptors (Lipinski definition) is 5. The van der Waals surface area contributed by atoms with Crippen LogP contribution in [0.15, 0.2) is 12.3 Å². The summed E-state index contributed by atoms with van der Waals surface area (Å²) in [4.78, 5) is 46.4. The molecule has 3 saturated heterocycles. The number of rotatable bonds is 2. The van der Waals surface area contributed by atoms with Crippen molar-refractivity contribution in [2.45, 2.75) is 44.8 Å². The summed E-state index contributed by atoms with van der Waals surface area (Å²) < 4.78 is 0. The van der Waals surface area contributed by atoms with Crippen molar-refractivity contribution in [1.82, 2.24) is 14.8 Å². The van der Waals surface area contributed by atoms with Crippen LogP contribution in [0.3, 0.4) is 0 Å². The molecule has 0 radical (unpaired) electrons. The number of pyridine rings is 1. The van der Waals surface area contributed by atoms with Gasteiger partial charge in [-0.05, 0) is 25.0 Å². The van der Waals surface area contributed by atoms with E-state index in [4.69, 9.17) is 5.26 Å². The molecule has 128 valence electrons. The maximum Gasteiger partial charge on any atom is 0.332 e. The lowest BCUT2D eigenvalue weighted by Gasteiger charge is -2.34. The first-order valence-corrected chi connectivity index (χ1v) is 8.30. The highest BCUT2D eigenvalue weighted by molar-refractivity contribution is 6.22.